The van der Waals surface area contributed by atoms with Crippen molar-refractivity contribution in [2.75, 3.05) is 16.4 Å². The second-order valence-electron chi connectivity index (χ2n) is 6.76. The number of aromatic nitrogens is 3. The zero-order valence-electron chi connectivity index (χ0n) is 17.3. The van der Waals surface area contributed by atoms with Gasteiger partial charge in [0, 0.05) is 12.2 Å². The van der Waals surface area contributed by atoms with Crippen LogP contribution in [0, 0.1) is 0 Å². The molecule has 0 unspecified atom stereocenters. The molecule has 2 aromatic carbocycles. The minimum atomic E-state index is -4.50. The van der Waals surface area contributed by atoms with Crippen LogP contribution in [-0.4, -0.2) is 32.3 Å². The van der Waals surface area contributed by atoms with E-state index in [1.165, 1.54) is 12.1 Å². The maximum absolute atomic E-state index is 12.8. The van der Waals surface area contributed by atoms with Crippen LogP contribution in [0.2, 0.25) is 5.02 Å². The Labute approximate surface area is 196 Å². The highest BCUT2D eigenvalue weighted by atomic mass is 35.5. The normalized spacial score (nSPS) is 11.3. The van der Waals surface area contributed by atoms with Crippen molar-refractivity contribution < 1.29 is 22.8 Å². The van der Waals surface area contributed by atoms with Gasteiger partial charge in [-0.1, -0.05) is 41.6 Å². The quantitative estimate of drug-likeness (QED) is 0.433. The third-order valence-corrected chi connectivity index (χ3v) is 5.68. The van der Waals surface area contributed by atoms with Crippen molar-refractivity contribution in [2.45, 2.75) is 31.2 Å². The van der Waals surface area contributed by atoms with Gasteiger partial charge in [0.1, 0.15) is 5.82 Å². The van der Waals surface area contributed by atoms with Gasteiger partial charge < -0.3 is 15.2 Å². The lowest BCUT2D eigenvalue weighted by molar-refractivity contribution is -0.137. The van der Waals surface area contributed by atoms with Gasteiger partial charge in [0.15, 0.2) is 5.16 Å². The van der Waals surface area contributed by atoms with Gasteiger partial charge in [0.05, 0.1) is 28.4 Å². The molecule has 2 N–H and O–H groups in total. The van der Waals surface area contributed by atoms with E-state index in [1.54, 1.807) is 28.8 Å². The number of benzene rings is 2. The predicted octanol–water partition coefficient (Wildman–Crippen LogP) is 4.88. The minimum absolute atomic E-state index is 0.0457. The SMILES string of the molecule is CCn1c(CC(=O)Nc2ccccc2Cl)nnc1SCC(=O)Nc1cccc(C(F)(F)F)c1. The highest BCUT2D eigenvalue weighted by Crippen LogP contribution is 2.30. The van der Waals surface area contributed by atoms with Gasteiger partial charge in [-0.2, -0.15) is 13.2 Å². The number of para-hydroxylation sites is 1. The Morgan fingerprint density at radius 3 is 2.52 bits per heavy atom. The number of carbonyl (C=O) groups is 2. The summed E-state index contributed by atoms with van der Waals surface area (Å²) >= 11 is 7.11. The Morgan fingerprint density at radius 2 is 1.82 bits per heavy atom. The fraction of sp³-hybridized carbons (Fsp3) is 0.238. The third kappa shape index (κ3) is 6.72. The summed E-state index contributed by atoms with van der Waals surface area (Å²) in [5.74, 6) is -0.518. The van der Waals surface area contributed by atoms with E-state index in [9.17, 15) is 22.8 Å². The number of thioether (sulfide) groups is 1. The molecule has 33 heavy (non-hydrogen) atoms. The molecule has 12 heteroatoms. The van der Waals surface area contributed by atoms with Crippen LogP contribution in [0.1, 0.15) is 18.3 Å². The maximum atomic E-state index is 12.8. The Kier molecular flexibility index (Phi) is 7.98. The molecule has 0 saturated carbocycles. The molecule has 0 radical (unpaired) electrons. The Morgan fingerprint density at radius 1 is 1.06 bits per heavy atom. The topological polar surface area (TPSA) is 88.9 Å². The molecule has 0 spiro atoms. The van der Waals surface area contributed by atoms with E-state index in [0.717, 1.165) is 23.9 Å². The monoisotopic (exact) mass is 497 g/mol. The lowest BCUT2D eigenvalue weighted by atomic mass is 10.2. The summed E-state index contributed by atoms with van der Waals surface area (Å²) < 4.78 is 40.2. The second kappa shape index (κ2) is 10.7. The summed E-state index contributed by atoms with van der Waals surface area (Å²) in [5, 5.41) is 14.0. The van der Waals surface area contributed by atoms with Gasteiger partial charge in [-0.05, 0) is 37.3 Å². The van der Waals surface area contributed by atoms with Gasteiger partial charge in [-0.3, -0.25) is 9.59 Å². The van der Waals surface area contributed by atoms with Crippen LogP contribution in [0.15, 0.2) is 53.7 Å². The second-order valence-corrected chi connectivity index (χ2v) is 8.11. The number of hydrogen-bond donors (Lipinski definition) is 2. The number of nitrogens with one attached hydrogen (secondary N) is 2. The summed E-state index contributed by atoms with van der Waals surface area (Å²) in [6, 6.07) is 11.2. The van der Waals surface area contributed by atoms with Gasteiger partial charge >= 0.3 is 6.18 Å². The summed E-state index contributed by atoms with van der Waals surface area (Å²) in [4.78, 5) is 24.6. The Bertz CT molecular complexity index is 1150. The number of rotatable bonds is 8. The van der Waals surface area contributed by atoms with Crippen LogP contribution < -0.4 is 10.6 Å². The lowest BCUT2D eigenvalue weighted by Crippen LogP contribution is -2.18. The number of nitrogens with zero attached hydrogens (tertiary/aromatic N) is 3. The first kappa shape index (κ1) is 24.6. The molecule has 7 nitrogen and oxygen atoms in total. The summed E-state index contributed by atoms with van der Waals surface area (Å²) in [5.41, 5.74) is -0.324. The van der Waals surface area contributed by atoms with Gasteiger partial charge in [-0.25, -0.2) is 0 Å². The van der Waals surface area contributed by atoms with Crippen LogP contribution in [0.3, 0.4) is 0 Å². The summed E-state index contributed by atoms with van der Waals surface area (Å²) in [6.45, 7) is 2.30. The molecule has 1 heterocycles. The molecule has 0 atom stereocenters. The van der Waals surface area contributed by atoms with Crippen molar-refractivity contribution in [1.29, 1.82) is 0 Å². The molecule has 0 bridgehead atoms. The predicted molar refractivity (Wildman–Crippen MR) is 120 cm³/mol. The highest BCUT2D eigenvalue weighted by Gasteiger charge is 2.30. The first-order chi connectivity index (χ1) is 15.7. The Hall–Kier alpha value is -3.05. The highest BCUT2D eigenvalue weighted by molar-refractivity contribution is 7.99. The third-order valence-electron chi connectivity index (χ3n) is 4.38. The van der Waals surface area contributed by atoms with Crippen molar-refractivity contribution in [2.24, 2.45) is 0 Å². The van der Waals surface area contributed by atoms with Crippen LogP contribution in [0.5, 0.6) is 0 Å². The van der Waals surface area contributed by atoms with Gasteiger partial charge in [-0.15, -0.1) is 10.2 Å². The van der Waals surface area contributed by atoms with E-state index >= 15 is 0 Å². The molecule has 0 fully saturated rings. The van der Waals surface area contributed by atoms with E-state index in [2.05, 4.69) is 20.8 Å². The molecular weight excluding hydrogens is 479 g/mol. The molecule has 1 aromatic heterocycles. The lowest BCUT2D eigenvalue weighted by Gasteiger charge is -2.10. The Balaban J connectivity index is 1.59. The molecular formula is C21H19ClF3N5O2S. The summed E-state index contributed by atoms with van der Waals surface area (Å²) in [6.07, 6.45) is -4.55. The van der Waals surface area contributed by atoms with Crippen molar-refractivity contribution in [3.63, 3.8) is 0 Å². The molecule has 3 aromatic rings. The van der Waals surface area contributed by atoms with Crippen LogP contribution in [0.25, 0.3) is 0 Å². The molecule has 0 aliphatic heterocycles. The fourth-order valence-corrected chi connectivity index (χ4v) is 3.88. The number of carbonyl (C=O) groups excluding carboxylic acids is 2. The molecule has 3 rings (SSSR count). The average molecular weight is 498 g/mol. The fourth-order valence-electron chi connectivity index (χ4n) is 2.88. The van der Waals surface area contributed by atoms with Gasteiger partial charge in [0.2, 0.25) is 11.8 Å². The largest absolute Gasteiger partial charge is 0.416 e. The first-order valence-electron chi connectivity index (χ1n) is 9.73. The standard InChI is InChI=1S/C21H19ClF3N5O2S/c1-2-30-17(11-18(31)27-16-9-4-3-8-15(16)22)28-29-20(30)33-12-19(32)26-14-7-5-6-13(10-14)21(23,24)25/h3-10H,2,11-12H2,1H3,(H,26,32)(H,27,31). The van der Waals surface area contributed by atoms with Gasteiger partial charge in [0.25, 0.3) is 0 Å². The van der Waals surface area contributed by atoms with Crippen molar-refractivity contribution in [3.8, 4) is 0 Å². The smallest absolute Gasteiger partial charge is 0.325 e. The first-order valence-corrected chi connectivity index (χ1v) is 11.1. The zero-order valence-corrected chi connectivity index (χ0v) is 18.9. The molecule has 0 aliphatic carbocycles. The van der Waals surface area contributed by atoms with Crippen molar-refractivity contribution >= 4 is 46.6 Å². The van der Waals surface area contributed by atoms with E-state index in [-0.39, 0.29) is 23.8 Å². The zero-order chi connectivity index (χ0) is 24.0. The number of amides is 2. The van der Waals surface area contributed by atoms with Crippen LogP contribution in [-0.2, 0) is 28.7 Å². The number of alkyl halides is 3. The average Bonchev–Trinajstić information content (AvgIpc) is 3.14. The van der Waals surface area contributed by atoms with Crippen LogP contribution in [0.4, 0.5) is 24.5 Å². The number of halogens is 4. The van der Waals surface area contributed by atoms with E-state index in [1.807, 2.05) is 6.92 Å². The van der Waals surface area contributed by atoms with Crippen molar-refractivity contribution in [1.82, 2.24) is 14.8 Å². The molecule has 2 amide bonds. The van der Waals surface area contributed by atoms with Crippen molar-refractivity contribution in [3.05, 3.63) is 64.9 Å². The minimum Gasteiger partial charge on any atom is -0.325 e. The maximum Gasteiger partial charge on any atom is 0.416 e. The number of hydrogen-bond acceptors (Lipinski definition) is 5. The van der Waals surface area contributed by atoms with E-state index < -0.39 is 17.6 Å². The molecule has 0 saturated heterocycles. The van der Waals surface area contributed by atoms with E-state index in [4.69, 9.17) is 11.6 Å². The summed E-state index contributed by atoms with van der Waals surface area (Å²) in [7, 11) is 0. The molecule has 0 aliphatic rings. The number of anilines is 2. The van der Waals surface area contributed by atoms with E-state index in [0.29, 0.717) is 28.2 Å². The molecule has 174 valence electrons. The van der Waals surface area contributed by atoms with Crippen LogP contribution >= 0.6 is 23.4 Å².